The first-order valence-corrected chi connectivity index (χ1v) is 4.64. The predicted octanol–water partition coefficient (Wildman–Crippen LogP) is 2.12. The Kier molecular flexibility index (Phi) is 2.00. The molecule has 0 unspecified atom stereocenters. The van der Waals surface area contributed by atoms with Crippen molar-refractivity contribution in [3.63, 3.8) is 0 Å². The van der Waals surface area contributed by atoms with Crippen LogP contribution in [0.25, 0.3) is 0 Å². The molecule has 3 heteroatoms. The van der Waals surface area contributed by atoms with Crippen LogP contribution in [0.3, 0.4) is 0 Å². The molecule has 2 rings (SSSR count). The molecule has 14 heavy (non-hydrogen) atoms. The van der Waals surface area contributed by atoms with E-state index in [1.807, 2.05) is 0 Å². The minimum absolute atomic E-state index is 0.262. The summed E-state index contributed by atoms with van der Waals surface area (Å²) < 4.78 is 18.3. The molecule has 1 aromatic rings. The van der Waals surface area contributed by atoms with Crippen LogP contribution in [-0.4, -0.2) is 12.2 Å². The van der Waals surface area contributed by atoms with Crippen LogP contribution in [0.15, 0.2) is 12.1 Å². The fourth-order valence-electron chi connectivity index (χ4n) is 1.67. The zero-order chi connectivity index (χ0) is 10.3. The maximum absolute atomic E-state index is 13.4. The van der Waals surface area contributed by atoms with E-state index in [0.29, 0.717) is 5.56 Å². The number of hydrogen-bond donors (Lipinski definition) is 1. The van der Waals surface area contributed by atoms with Crippen LogP contribution in [0.2, 0.25) is 0 Å². The SMILES string of the molecule is COc1c(C)cc(C2(O)CC2)cc1F. The second-order valence-electron chi connectivity index (χ2n) is 3.84. The Balaban J connectivity index is 2.47. The van der Waals surface area contributed by atoms with Gasteiger partial charge in [0.1, 0.15) is 0 Å². The molecule has 0 aliphatic heterocycles. The van der Waals surface area contributed by atoms with Gasteiger partial charge in [0.25, 0.3) is 0 Å². The molecule has 0 spiro atoms. The lowest BCUT2D eigenvalue weighted by Crippen LogP contribution is -2.06. The first kappa shape index (κ1) is 9.46. The van der Waals surface area contributed by atoms with E-state index in [-0.39, 0.29) is 5.75 Å². The van der Waals surface area contributed by atoms with Gasteiger partial charge in [-0.15, -0.1) is 0 Å². The van der Waals surface area contributed by atoms with Crippen molar-refractivity contribution in [3.8, 4) is 5.75 Å². The van der Waals surface area contributed by atoms with E-state index >= 15 is 0 Å². The Hall–Kier alpha value is -1.09. The van der Waals surface area contributed by atoms with Crippen LogP contribution >= 0.6 is 0 Å². The summed E-state index contributed by atoms with van der Waals surface area (Å²) in [6.07, 6.45) is 1.44. The molecule has 0 saturated heterocycles. The molecular formula is C11H13FO2. The molecular weight excluding hydrogens is 183 g/mol. The number of aliphatic hydroxyl groups is 1. The summed E-state index contributed by atoms with van der Waals surface area (Å²) >= 11 is 0. The van der Waals surface area contributed by atoms with Gasteiger partial charge < -0.3 is 9.84 Å². The van der Waals surface area contributed by atoms with Crippen molar-refractivity contribution in [2.75, 3.05) is 7.11 Å². The first-order chi connectivity index (χ1) is 6.57. The second-order valence-corrected chi connectivity index (χ2v) is 3.84. The average Bonchev–Trinajstić information content (AvgIpc) is 2.84. The van der Waals surface area contributed by atoms with Crippen molar-refractivity contribution in [2.24, 2.45) is 0 Å². The topological polar surface area (TPSA) is 29.5 Å². The van der Waals surface area contributed by atoms with E-state index in [0.717, 1.165) is 18.4 Å². The molecule has 1 fully saturated rings. The van der Waals surface area contributed by atoms with Gasteiger partial charge in [0.2, 0.25) is 0 Å². The number of rotatable bonds is 2. The highest BCUT2D eigenvalue weighted by Crippen LogP contribution is 2.46. The highest BCUT2D eigenvalue weighted by Gasteiger charge is 2.42. The fraction of sp³-hybridized carbons (Fsp3) is 0.455. The lowest BCUT2D eigenvalue weighted by atomic mass is 10.0. The minimum atomic E-state index is -0.780. The molecule has 0 atom stereocenters. The number of hydrogen-bond acceptors (Lipinski definition) is 2. The van der Waals surface area contributed by atoms with E-state index in [4.69, 9.17) is 4.74 Å². The van der Waals surface area contributed by atoms with Gasteiger partial charge in [0.15, 0.2) is 11.6 Å². The molecule has 0 radical (unpaired) electrons. The molecule has 0 heterocycles. The van der Waals surface area contributed by atoms with Gasteiger partial charge in [-0.3, -0.25) is 0 Å². The fourth-order valence-corrected chi connectivity index (χ4v) is 1.67. The number of ether oxygens (including phenoxy) is 1. The van der Waals surface area contributed by atoms with Crippen LogP contribution in [0.4, 0.5) is 4.39 Å². The molecule has 1 aliphatic carbocycles. The predicted molar refractivity (Wildman–Crippen MR) is 50.8 cm³/mol. The summed E-state index contributed by atoms with van der Waals surface area (Å²) in [6.45, 7) is 1.77. The number of aryl methyl sites for hydroxylation is 1. The Labute approximate surface area is 82.3 Å². The van der Waals surface area contributed by atoms with Crippen molar-refractivity contribution >= 4 is 0 Å². The van der Waals surface area contributed by atoms with Gasteiger partial charge in [-0.2, -0.15) is 0 Å². The summed E-state index contributed by atoms with van der Waals surface area (Å²) in [5.74, 6) is -0.138. The maximum Gasteiger partial charge on any atom is 0.165 e. The highest BCUT2D eigenvalue weighted by atomic mass is 19.1. The van der Waals surface area contributed by atoms with Crippen LogP contribution in [0.5, 0.6) is 5.75 Å². The molecule has 1 aromatic carbocycles. The zero-order valence-electron chi connectivity index (χ0n) is 8.30. The van der Waals surface area contributed by atoms with E-state index in [9.17, 15) is 9.50 Å². The monoisotopic (exact) mass is 196 g/mol. The summed E-state index contributed by atoms with van der Waals surface area (Å²) in [6, 6.07) is 3.15. The quantitative estimate of drug-likeness (QED) is 0.785. The number of halogens is 1. The molecule has 1 saturated carbocycles. The van der Waals surface area contributed by atoms with Crippen molar-refractivity contribution in [2.45, 2.75) is 25.4 Å². The Morgan fingerprint density at radius 3 is 2.50 bits per heavy atom. The van der Waals surface area contributed by atoms with Gasteiger partial charge in [0.05, 0.1) is 12.7 Å². The first-order valence-electron chi connectivity index (χ1n) is 4.64. The van der Waals surface area contributed by atoms with Gasteiger partial charge >= 0.3 is 0 Å². The van der Waals surface area contributed by atoms with Crippen LogP contribution in [-0.2, 0) is 5.60 Å². The normalized spacial score (nSPS) is 18.0. The summed E-state index contributed by atoms with van der Waals surface area (Å²) in [4.78, 5) is 0. The smallest absolute Gasteiger partial charge is 0.165 e. The highest BCUT2D eigenvalue weighted by molar-refractivity contribution is 5.41. The lowest BCUT2D eigenvalue weighted by molar-refractivity contribution is 0.151. The van der Waals surface area contributed by atoms with Crippen molar-refractivity contribution in [1.82, 2.24) is 0 Å². The number of benzene rings is 1. The van der Waals surface area contributed by atoms with Crippen molar-refractivity contribution < 1.29 is 14.2 Å². The Morgan fingerprint density at radius 2 is 2.07 bits per heavy atom. The summed E-state index contributed by atoms with van der Waals surface area (Å²) in [5, 5.41) is 9.81. The number of methoxy groups -OCH3 is 1. The average molecular weight is 196 g/mol. The van der Waals surface area contributed by atoms with Crippen molar-refractivity contribution in [3.05, 3.63) is 29.1 Å². The molecule has 76 valence electrons. The second kappa shape index (κ2) is 2.95. The molecule has 0 amide bonds. The van der Waals surface area contributed by atoms with Gasteiger partial charge in [0, 0.05) is 0 Å². The Morgan fingerprint density at radius 1 is 1.43 bits per heavy atom. The molecule has 2 nitrogen and oxygen atoms in total. The van der Waals surface area contributed by atoms with Crippen molar-refractivity contribution in [1.29, 1.82) is 0 Å². The third-order valence-corrected chi connectivity index (χ3v) is 2.69. The third kappa shape index (κ3) is 1.38. The van der Waals surface area contributed by atoms with Crippen LogP contribution < -0.4 is 4.74 Å². The van der Waals surface area contributed by atoms with E-state index < -0.39 is 11.4 Å². The van der Waals surface area contributed by atoms with Gasteiger partial charge in [-0.1, -0.05) is 0 Å². The van der Waals surface area contributed by atoms with E-state index in [1.54, 1.807) is 13.0 Å². The molecule has 0 aromatic heterocycles. The van der Waals surface area contributed by atoms with Gasteiger partial charge in [-0.25, -0.2) is 4.39 Å². The molecule has 0 bridgehead atoms. The maximum atomic E-state index is 13.4. The van der Waals surface area contributed by atoms with E-state index in [2.05, 4.69) is 0 Å². The largest absolute Gasteiger partial charge is 0.493 e. The Bertz CT molecular complexity index is 347. The molecule has 1 aliphatic rings. The minimum Gasteiger partial charge on any atom is -0.493 e. The summed E-state index contributed by atoms with van der Waals surface area (Å²) in [5.41, 5.74) is 0.605. The standard InChI is InChI=1S/C11H13FO2/c1-7-5-8(11(13)3-4-11)6-9(12)10(7)14-2/h5-6,13H,3-4H2,1-2H3. The third-order valence-electron chi connectivity index (χ3n) is 2.69. The van der Waals surface area contributed by atoms with Gasteiger partial charge in [-0.05, 0) is 43.0 Å². The van der Waals surface area contributed by atoms with E-state index in [1.165, 1.54) is 13.2 Å². The van der Waals surface area contributed by atoms with Crippen LogP contribution in [0.1, 0.15) is 24.0 Å². The lowest BCUT2D eigenvalue weighted by Gasteiger charge is -2.12. The zero-order valence-corrected chi connectivity index (χ0v) is 8.30. The molecule has 1 N–H and O–H groups in total. The summed E-state index contributed by atoms with van der Waals surface area (Å²) in [7, 11) is 1.44. The van der Waals surface area contributed by atoms with Crippen LogP contribution in [0, 0.1) is 12.7 Å².